The molecule has 2 aliphatic heterocycles. The number of thiophene rings is 2. The molecule has 0 saturated heterocycles. The lowest BCUT2D eigenvalue weighted by atomic mass is 10.1. The molecule has 34 heavy (non-hydrogen) atoms. The fraction of sp³-hybridized carbons (Fsp3) is 0.250. The Morgan fingerprint density at radius 2 is 1.09 bits per heavy atom. The third-order valence-corrected chi connectivity index (χ3v) is 7.94. The van der Waals surface area contributed by atoms with Crippen LogP contribution in [-0.2, 0) is 9.59 Å². The van der Waals surface area contributed by atoms with E-state index in [0.29, 0.717) is 47.1 Å². The van der Waals surface area contributed by atoms with Crippen LogP contribution in [0.15, 0.2) is 23.3 Å². The van der Waals surface area contributed by atoms with Crippen LogP contribution in [0.3, 0.4) is 0 Å². The lowest BCUT2D eigenvalue weighted by molar-refractivity contribution is -0.113. The molecule has 0 N–H and O–H groups in total. The number of hydrogen-bond donors (Lipinski definition) is 0. The smallest absolute Gasteiger partial charge is 0.261 e. The average molecular weight is 485 g/mol. The van der Waals surface area contributed by atoms with Gasteiger partial charge in [-0.1, -0.05) is 13.8 Å². The molecule has 2 aromatic rings. The molecule has 0 radical (unpaired) electrons. The Morgan fingerprint density at radius 3 is 1.38 bits per heavy atom. The number of nitriles is 4. The molecular weight excluding hydrogens is 468 g/mol. The van der Waals surface area contributed by atoms with Crippen LogP contribution in [-0.4, -0.2) is 24.9 Å². The zero-order chi connectivity index (χ0) is 24.6. The van der Waals surface area contributed by atoms with Crippen molar-refractivity contribution >= 4 is 57.0 Å². The molecule has 166 valence electrons. The molecule has 2 aliphatic rings. The molecule has 4 rings (SSSR count). The minimum atomic E-state index is -0.348. The molecule has 0 spiro atoms. The highest BCUT2D eigenvalue weighted by atomic mass is 32.1. The maximum Gasteiger partial charge on any atom is 0.261 e. The number of carbonyl (C=O) groups is 2. The first-order valence-corrected chi connectivity index (χ1v) is 12.1. The van der Waals surface area contributed by atoms with Gasteiger partial charge in [0.05, 0.1) is 32.3 Å². The first-order valence-electron chi connectivity index (χ1n) is 10.5. The Kier molecular flexibility index (Phi) is 6.05. The van der Waals surface area contributed by atoms with Gasteiger partial charge in [0.2, 0.25) is 0 Å². The summed E-state index contributed by atoms with van der Waals surface area (Å²) in [6.07, 6.45) is 1.41. The minimum absolute atomic E-state index is 0.119. The first-order chi connectivity index (χ1) is 16.4. The summed E-state index contributed by atoms with van der Waals surface area (Å²) in [5, 5.41) is 37.6. The van der Waals surface area contributed by atoms with Crippen LogP contribution in [0.4, 0.5) is 11.4 Å². The molecule has 8 nitrogen and oxygen atoms in total. The van der Waals surface area contributed by atoms with Gasteiger partial charge in [0.15, 0.2) is 0 Å². The SMILES string of the molecule is CCCN1C(=O)C(=C(C#N)C#N)c2sc(-c3cc4c(s3)C(=C(C#N)C#N)C(=O)N4CCC)cc21. The molecule has 10 heteroatoms. The van der Waals surface area contributed by atoms with Gasteiger partial charge >= 0.3 is 0 Å². The molecule has 2 aromatic heterocycles. The third-order valence-electron chi connectivity index (χ3n) is 5.46. The largest absolute Gasteiger partial charge is 0.307 e. The number of carbonyl (C=O) groups excluding carboxylic acids is 2. The molecule has 0 aromatic carbocycles. The van der Waals surface area contributed by atoms with E-state index in [-0.39, 0.29) is 34.1 Å². The predicted octanol–water partition coefficient (Wildman–Crippen LogP) is 4.59. The zero-order valence-corrected chi connectivity index (χ0v) is 19.9. The quantitative estimate of drug-likeness (QED) is 0.450. The van der Waals surface area contributed by atoms with Crippen molar-refractivity contribution in [2.45, 2.75) is 26.7 Å². The second-order valence-corrected chi connectivity index (χ2v) is 9.62. The van der Waals surface area contributed by atoms with Gasteiger partial charge in [0.25, 0.3) is 11.8 Å². The normalized spacial score (nSPS) is 13.8. The first kappa shape index (κ1) is 23.0. The maximum absolute atomic E-state index is 12.9. The van der Waals surface area contributed by atoms with E-state index in [1.807, 2.05) is 50.3 Å². The van der Waals surface area contributed by atoms with E-state index < -0.39 is 0 Å². The van der Waals surface area contributed by atoms with Crippen LogP contribution in [0.5, 0.6) is 0 Å². The molecule has 4 heterocycles. The summed E-state index contributed by atoms with van der Waals surface area (Å²) in [6.45, 7) is 4.79. The Bertz CT molecular complexity index is 1330. The van der Waals surface area contributed by atoms with E-state index in [1.54, 1.807) is 9.80 Å². The zero-order valence-electron chi connectivity index (χ0n) is 18.3. The summed E-state index contributed by atoms with van der Waals surface area (Å²) < 4.78 is 0. The van der Waals surface area contributed by atoms with E-state index in [4.69, 9.17) is 0 Å². The Balaban J connectivity index is 1.90. The number of fused-ring (bicyclic) bond motifs is 2. The van der Waals surface area contributed by atoms with Crippen LogP contribution in [0.1, 0.15) is 36.4 Å². The topological polar surface area (TPSA) is 136 Å². The molecular formula is C24H16N6O2S2. The van der Waals surface area contributed by atoms with E-state index in [0.717, 1.165) is 9.75 Å². The van der Waals surface area contributed by atoms with Crippen molar-refractivity contribution in [3.63, 3.8) is 0 Å². The van der Waals surface area contributed by atoms with Crippen molar-refractivity contribution in [3.8, 4) is 34.0 Å². The van der Waals surface area contributed by atoms with Crippen LogP contribution >= 0.6 is 22.7 Å². The van der Waals surface area contributed by atoms with Crippen molar-refractivity contribution in [2.24, 2.45) is 0 Å². The summed E-state index contributed by atoms with van der Waals surface area (Å²) in [4.78, 5) is 31.8. The fourth-order valence-electron chi connectivity index (χ4n) is 4.05. The van der Waals surface area contributed by atoms with E-state index in [1.165, 1.54) is 22.7 Å². The van der Waals surface area contributed by atoms with Gasteiger partial charge in [-0.2, -0.15) is 21.0 Å². The van der Waals surface area contributed by atoms with Crippen molar-refractivity contribution in [2.75, 3.05) is 22.9 Å². The molecule has 0 fully saturated rings. The number of rotatable bonds is 5. The van der Waals surface area contributed by atoms with Gasteiger partial charge < -0.3 is 9.80 Å². The summed E-state index contributed by atoms with van der Waals surface area (Å²) in [5.74, 6) is -0.696. The number of hydrogen-bond acceptors (Lipinski definition) is 8. The minimum Gasteiger partial charge on any atom is -0.307 e. The van der Waals surface area contributed by atoms with Gasteiger partial charge in [0, 0.05) is 22.8 Å². The molecule has 2 amide bonds. The van der Waals surface area contributed by atoms with Crippen LogP contribution in [0, 0.1) is 45.3 Å². The van der Waals surface area contributed by atoms with Gasteiger partial charge in [0.1, 0.15) is 35.4 Å². The van der Waals surface area contributed by atoms with Crippen molar-refractivity contribution in [3.05, 3.63) is 33.0 Å². The summed E-state index contributed by atoms with van der Waals surface area (Å²) in [7, 11) is 0. The summed E-state index contributed by atoms with van der Waals surface area (Å²) in [5.41, 5.74) is 1.12. The molecule has 0 atom stereocenters. The van der Waals surface area contributed by atoms with Crippen molar-refractivity contribution in [1.82, 2.24) is 0 Å². The number of amides is 2. The van der Waals surface area contributed by atoms with E-state index in [9.17, 15) is 30.6 Å². The molecule has 0 bridgehead atoms. The van der Waals surface area contributed by atoms with Crippen molar-refractivity contribution < 1.29 is 9.59 Å². The maximum atomic E-state index is 12.9. The second-order valence-electron chi connectivity index (χ2n) is 7.51. The van der Waals surface area contributed by atoms with Gasteiger partial charge in [-0.25, -0.2) is 0 Å². The third kappa shape index (κ3) is 3.29. The number of nitrogens with zero attached hydrogens (tertiary/aromatic N) is 6. The standard InChI is InChI=1S/C24H16N6O2S2/c1-3-5-29-15-7-17(33-21(15)19(23(29)31)13(9-25)10-26)18-8-16-22(34-18)20(14(11-27)12-28)24(32)30(16)6-4-2/h7-8H,3-6H2,1-2H3. The van der Waals surface area contributed by atoms with Crippen LogP contribution in [0.2, 0.25) is 0 Å². The highest BCUT2D eigenvalue weighted by molar-refractivity contribution is 7.24. The van der Waals surface area contributed by atoms with Gasteiger partial charge in [-0.3, -0.25) is 9.59 Å². The second kappa shape index (κ2) is 8.96. The molecule has 0 aliphatic carbocycles. The Hall–Kier alpha value is -4.22. The van der Waals surface area contributed by atoms with E-state index in [2.05, 4.69) is 0 Å². The lowest BCUT2D eigenvalue weighted by Gasteiger charge is -2.15. The Morgan fingerprint density at radius 1 is 0.735 bits per heavy atom. The monoisotopic (exact) mass is 484 g/mol. The van der Waals surface area contributed by atoms with Crippen molar-refractivity contribution in [1.29, 1.82) is 21.0 Å². The number of anilines is 2. The molecule has 0 saturated carbocycles. The highest BCUT2D eigenvalue weighted by Gasteiger charge is 2.39. The fourth-order valence-corrected chi connectivity index (χ4v) is 6.53. The average Bonchev–Trinajstić information content (AvgIpc) is 3.56. The van der Waals surface area contributed by atoms with Gasteiger partial charge in [-0.15, -0.1) is 22.7 Å². The number of allylic oxidation sites excluding steroid dienone is 2. The van der Waals surface area contributed by atoms with E-state index >= 15 is 0 Å². The molecule has 0 unspecified atom stereocenters. The van der Waals surface area contributed by atoms with Gasteiger partial charge in [-0.05, 0) is 25.0 Å². The predicted molar refractivity (Wildman–Crippen MR) is 129 cm³/mol. The summed E-state index contributed by atoms with van der Waals surface area (Å²) >= 11 is 2.61. The van der Waals surface area contributed by atoms with Crippen LogP contribution < -0.4 is 9.80 Å². The lowest BCUT2D eigenvalue weighted by Crippen LogP contribution is -2.27. The summed E-state index contributed by atoms with van der Waals surface area (Å²) in [6, 6.07) is 11.1. The van der Waals surface area contributed by atoms with Crippen LogP contribution in [0.25, 0.3) is 20.9 Å². The Labute approximate surface area is 204 Å². The highest BCUT2D eigenvalue weighted by Crippen LogP contribution is 2.52.